The van der Waals surface area contributed by atoms with Crippen molar-refractivity contribution >= 4 is 6.09 Å². The summed E-state index contributed by atoms with van der Waals surface area (Å²) in [4.78, 5) is 11.3. The first-order chi connectivity index (χ1) is 7.77. The predicted octanol–water partition coefficient (Wildman–Crippen LogP) is 2.83. The molecule has 0 fully saturated rings. The quantitative estimate of drug-likeness (QED) is 0.770. The second-order valence-electron chi connectivity index (χ2n) is 3.16. The summed E-state index contributed by atoms with van der Waals surface area (Å²) in [6, 6.07) is 9.32. The third-order valence-corrected chi connectivity index (χ3v) is 2.00. The van der Waals surface area contributed by atoms with Crippen LogP contribution in [0.25, 0.3) is 0 Å². The van der Waals surface area contributed by atoms with Gasteiger partial charge in [-0.05, 0) is 5.56 Å². The Bertz CT molecular complexity index is 359. The second-order valence-corrected chi connectivity index (χ2v) is 3.16. The van der Waals surface area contributed by atoms with Crippen LogP contribution in [-0.2, 0) is 4.74 Å². The molecule has 1 aromatic rings. The largest absolute Gasteiger partial charge is 0.445 e. The molecule has 1 N–H and O–H groups in total. The Morgan fingerprint density at radius 3 is 2.62 bits per heavy atom. The van der Waals surface area contributed by atoms with Crippen molar-refractivity contribution in [3.05, 3.63) is 61.2 Å². The molecule has 0 aliphatic carbocycles. The van der Waals surface area contributed by atoms with Gasteiger partial charge in [-0.15, -0.1) is 6.58 Å². The van der Waals surface area contributed by atoms with Crippen molar-refractivity contribution in [3.8, 4) is 0 Å². The molecule has 0 saturated heterocycles. The van der Waals surface area contributed by atoms with Crippen LogP contribution in [0.15, 0.2) is 55.6 Å². The van der Waals surface area contributed by atoms with Crippen LogP contribution in [-0.4, -0.2) is 12.7 Å². The molecule has 0 aliphatic heterocycles. The minimum absolute atomic E-state index is 0.199. The highest BCUT2D eigenvalue weighted by Gasteiger charge is 2.10. The lowest BCUT2D eigenvalue weighted by molar-refractivity contribution is 0.156. The predicted molar refractivity (Wildman–Crippen MR) is 64.1 cm³/mol. The molecule has 1 amide bonds. The van der Waals surface area contributed by atoms with E-state index >= 15 is 0 Å². The molecule has 84 valence electrons. The average Bonchev–Trinajstić information content (AvgIpc) is 2.34. The number of amides is 1. The highest BCUT2D eigenvalue weighted by molar-refractivity contribution is 5.68. The van der Waals surface area contributed by atoms with Crippen molar-refractivity contribution in [3.63, 3.8) is 0 Å². The molecular formula is C13H15NO2. The first-order valence-electron chi connectivity index (χ1n) is 4.99. The number of hydrogen-bond acceptors (Lipinski definition) is 2. The Morgan fingerprint density at radius 2 is 2.06 bits per heavy atom. The third-order valence-electron chi connectivity index (χ3n) is 2.00. The molecule has 1 atom stereocenters. The number of alkyl carbamates (subject to hydrolysis) is 1. The summed E-state index contributed by atoms with van der Waals surface area (Å²) < 4.78 is 4.83. The Balaban J connectivity index is 2.59. The van der Waals surface area contributed by atoms with E-state index in [0.29, 0.717) is 0 Å². The summed E-state index contributed by atoms with van der Waals surface area (Å²) >= 11 is 0. The summed E-state index contributed by atoms with van der Waals surface area (Å²) in [5, 5.41) is 2.69. The zero-order chi connectivity index (χ0) is 11.8. The summed E-state index contributed by atoms with van der Waals surface area (Å²) in [6.07, 6.45) is 2.70. The third kappa shape index (κ3) is 3.61. The maximum absolute atomic E-state index is 11.3. The molecule has 16 heavy (non-hydrogen) atoms. The zero-order valence-corrected chi connectivity index (χ0v) is 9.06. The Labute approximate surface area is 95.4 Å². The van der Waals surface area contributed by atoms with E-state index in [9.17, 15) is 4.79 Å². The van der Waals surface area contributed by atoms with E-state index in [1.54, 1.807) is 6.08 Å². The van der Waals surface area contributed by atoms with Crippen molar-refractivity contribution in [2.45, 2.75) is 6.04 Å². The molecule has 1 aromatic carbocycles. The molecule has 1 unspecified atom stereocenters. The van der Waals surface area contributed by atoms with E-state index in [2.05, 4.69) is 18.5 Å². The molecule has 0 bridgehead atoms. The fourth-order valence-corrected chi connectivity index (χ4v) is 1.24. The van der Waals surface area contributed by atoms with Crippen LogP contribution in [0.5, 0.6) is 0 Å². The van der Waals surface area contributed by atoms with Crippen LogP contribution in [0, 0.1) is 0 Å². The fourth-order valence-electron chi connectivity index (χ4n) is 1.24. The molecule has 0 spiro atoms. The van der Waals surface area contributed by atoms with Gasteiger partial charge in [-0.25, -0.2) is 4.79 Å². The highest BCUT2D eigenvalue weighted by atomic mass is 16.5. The maximum atomic E-state index is 11.3. The number of carbonyl (C=O) groups is 1. The summed E-state index contributed by atoms with van der Waals surface area (Å²) in [5.41, 5.74) is 0.966. The molecule has 0 aromatic heterocycles. The molecule has 0 radical (unpaired) electrons. The van der Waals surface area contributed by atoms with Crippen molar-refractivity contribution in [1.29, 1.82) is 0 Å². The molecule has 0 aliphatic rings. The van der Waals surface area contributed by atoms with Crippen molar-refractivity contribution in [1.82, 2.24) is 5.32 Å². The van der Waals surface area contributed by atoms with Gasteiger partial charge in [0, 0.05) is 0 Å². The van der Waals surface area contributed by atoms with Gasteiger partial charge in [0.15, 0.2) is 0 Å². The van der Waals surface area contributed by atoms with Crippen molar-refractivity contribution in [2.24, 2.45) is 0 Å². The van der Waals surface area contributed by atoms with Crippen LogP contribution >= 0.6 is 0 Å². The number of hydrogen-bond donors (Lipinski definition) is 1. The molecule has 3 heteroatoms. The zero-order valence-electron chi connectivity index (χ0n) is 9.06. The molecule has 1 rings (SSSR count). The average molecular weight is 217 g/mol. The van der Waals surface area contributed by atoms with E-state index in [1.807, 2.05) is 30.3 Å². The van der Waals surface area contributed by atoms with Crippen LogP contribution in [0.2, 0.25) is 0 Å². The number of carbonyl (C=O) groups excluding carboxylic acids is 1. The van der Waals surface area contributed by atoms with Gasteiger partial charge in [0.25, 0.3) is 0 Å². The topological polar surface area (TPSA) is 38.3 Å². The highest BCUT2D eigenvalue weighted by Crippen LogP contribution is 2.13. The lowest BCUT2D eigenvalue weighted by atomic mass is 10.1. The Kier molecular flexibility index (Phi) is 4.86. The number of ether oxygens (including phenoxy) is 1. The first-order valence-corrected chi connectivity index (χ1v) is 4.99. The molecule has 0 heterocycles. The van der Waals surface area contributed by atoms with Gasteiger partial charge in [-0.3, -0.25) is 0 Å². The van der Waals surface area contributed by atoms with E-state index < -0.39 is 6.09 Å². The SMILES string of the molecule is C=CCOC(=O)NC(C=C)c1ccccc1. The van der Waals surface area contributed by atoms with Gasteiger partial charge in [-0.2, -0.15) is 0 Å². The van der Waals surface area contributed by atoms with E-state index in [-0.39, 0.29) is 12.6 Å². The van der Waals surface area contributed by atoms with E-state index in [0.717, 1.165) is 5.56 Å². The van der Waals surface area contributed by atoms with E-state index in [4.69, 9.17) is 4.74 Å². The summed E-state index contributed by atoms with van der Waals surface area (Å²) in [5.74, 6) is 0. The van der Waals surface area contributed by atoms with Gasteiger partial charge in [0.1, 0.15) is 6.61 Å². The van der Waals surface area contributed by atoms with Gasteiger partial charge in [-0.1, -0.05) is 49.1 Å². The Hall–Kier alpha value is -2.03. The Morgan fingerprint density at radius 1 is 1.38 bits per heavy atom. The van der Waals surface area contributed by atoms with Crippen molar-refractivity contribution < 1.29 is 9.53 Å². The number of benzene rings is 1. The fraction of sp³-hybridized carbons (Fsp3) is 0.154. The summed E-state index contributed by atoms with van der Waals surface area (Å²) in [6.45, 7) is 7.34. The van der Waals surface area contributed by atoms with Crippen LogP contribution in [0.3, 0.4) is 0 Å². The van der Waals surface area contributed by atoms with Gasteiger partial charge >= 0.3 is 6.09 Å². The van der Waals surface area contributed by atoms with Crippen molar-refractivity contribution in [2.75, 3.05) is 6.61 Å². The minimum Gasteiger partial charge on any atom is -0.445 e. The van der Waals surface area contributed by atoms with Crippen LogP contribution in [0.4, 0.5) is 4.79 Å². The minimum atomic E-state index is -0.478. The monoisotopic (exact) mass is 217 g/mol. The molecule has 3 nitrogen and oxygen atoms in total. The van der Waals surface area contributed by atoms with Crippen LogP contribution < -0.4 is 5.32 Å². The van der Waals surface area contributed by atoms with Gasteiger partial charge in [0.05, 0.1) is 6.04 Å². The first kappa shape index (κ1) is 12.0. The summed E-state index contributed by atoms with van der Waals surface area (Å²) in [7, 11) is 0. The lowest BCUT2D eigenvalue weighted by Crippen LogP contribution is -2.27. The standard InChI is InChI=1S/C13H15NO2/c1-3-10-16-13(15)14-12(4-2)11-8-6-5-7-9-11/h3-9,12H,1-2,10H2,(H,14,15). The normalized spacial score (nSPS) is 11.2. The van der Waals surface area contributed by atoms with Crippen LogP contribution in [0.1, 0.15) is 11.6 Å². The second kappa shape index (κ2) is 6.45. The van der Waals surface area contributed by atoms with Gasteiger partial charge < -0.3 is 10.1 Å². The smallest absolute Gasteiger partial charge is 0.408 e. The maximum Gasteiger partial charge on any atom is 0.408 e. The molecular weight excluding hydrogens is 202 g/mol. The van der Waals surface area contributed by atoms with E-state index in [1.165, 1.54) is 6.08 Å². The lowest BCUT2D eigenvalue weighted by Gasteiger charge is -2.14. The molecule has 0 saturated carbocycles. The van der Waals surface area contributed by atoms with Gasteiger partial charge in [0.2, 0.25) is 0 Å². The number of nitrogens with one attached hydrogen (secondary N) is 1. The number of rotatable bonds is 5.